The Morgan fingerprint density at radius 2 is 1.78 bits per heavy atom. The highest BCUT2D eigenvalue weighted by molar-refractivity contribution is 7.91. The standard InChI is InChI=1S/C10H16N2O5S/c13-9(14)8(7-1-2-7)11-10(15)12-3-5-18(16,17)6-4-12/h7-8H,1-6H2,(H,11,15)(H,13,14). The van der Waals surface area contributed by atoms with Crippen LogP contribution in [0.15, 0.2) is 0 Å². The molecular weight excluding hydrogens is 260 g/mol. The minimum atomic E-state index is -3.04. The average molecular weight is 276 g/mol. The van der Waals surface area contributed by atoms with E-state index in [-0.39, 0.29) is 30.5 Å². The van der Waals surface area contributed by atoms with Gasteiger partial charge in [-0.3, -0.25) is 0 Å². The number of nitrogens with zero attached hydrogens (tertiary/aromatic N) is 1. The maximum Gasteiger partial charge on any atom is 0.326 e. The molecule has 8 heteroatoms. The number of carboxylic acid groups (broad SMARTS) is 1. The fourth-order valence-electron chi connectivity index (χ4n) is 1.95. The molecule has 18 heavy (non-hydrogen) atoms. The minimum Gasteiger partial charge on any atom is -0.480 e. The lowest BCUT2D eigenvalue weighted by atomic mass is 10.2. The van der Waals surface area contributed by atoms with Crippen molar-refractivity contribution in [1.29, 1.82) is 0 Å². The molecule has 1 saturated carbocycles. The third kappa shape index (κ3) is 3.12. The Hall–Kier alpha value is -1.31. The molecule has 2 amide bonds. The Balaban J connectivity index is 1.90. The molecule has 1 heterocycles. The predicted octanol–water partition coefficient (Wildman–Crippen LogP) is -0.710. The van der Waals surface area contributed by atoms with Crippen molar-refractivity contribution in [3.8, 4) is 0 Å². The van der Waals surface area contributed by atoms with Gasteiger partial charge in [-0.15, -0.1) is 0 Å². The van der Waals surface area contributed by atoms with E-state index < -0.39 is 27.9 Å². The Morgan fingerprint density at radius 1 is 1.22 bits per heavy atom. The number of hydrogen-bond acceptors (Lipinski definition) is 4. The molecule has 1 unspecified atom stereocenters. The van der Waals surface area contributed by atoms with Gasteiger partial charge in [0.25, 0.3) is 0 Å². The van der Waals surface area contributed by atoms with Crippen LogP contribution in [0.3, 0.4) is 0 Å². The summed E-state index contributed by atoms with van der Waals surface area (Å²) in [6.07, 6.45) is 1.62. The number of rotatable bonds is 3. The molecule has 0 radical (unpaired) electrons. The molecule has 2 fully saturated rings. The van der Waals surface area contributed by atoms with Crippen molar-refractivity contribution < 1.29 is 23.1 Å². The van der Waals surface area contributed by atoms with Gasteiger partial charge in [0.05, 0.1) is 11.5 Å². The normalized spacial score (nSPS) is 24.3. The van der Waals surface area contributed by atoms with Gasteiger partial charge in [0, 0.05) is 13.1 Å². The van der Waals surface area contributed by atoms with Gasteiger partial charge < -0.3 is 15.3 Å². The van der Waals surface area contributed by atoms with Crippen molar-refractivity contribution in [2.45, 2.75) is 18.9 Å². The quantitative estimate of drug-likeness (QED) is 0.708. The zero-order chi connectivity index (χ0) is 13.3. The molecular formula is C10H16N2O5S. The molecule has 1 aliphatic carbocycles. The molecule has 1 saturated heterocycles. The van der Waals surface area contributed by atoms with Crippen LogP contribution in [0.5, 0.6) is 0 Å². The Labute approximate surface area is 105 Å². The van der Waals surface area contributed by atoms with Crippen LogP contribution in [0.2, 0.25) is 0 Å². The van der Waals surface area contributed by atoms with Crippen LogP contribution in [-0.4, -0.2) is 61.1 Å². The average Bonchev–Trinajstić information content (AvgIpc) is 3.08. The second kappa shape index (κ2) is 4.75. The molecule has 1 aliphatic heterocycles. The van der Waals surface area contributed by atoms with E-state index in [1.54, 1.807) is 0 Å². The molecule has 2 N–H and O–H groups in total. The Morgan fingerprint density at radius 3 is 2.22 bits per heavy atom. The van der Waals surface area contributed by atoms with Crippen molar-refractivity contribution in [2.24, 2.45) is 5.92 Å². The molecule has 1 atom stereocenters. The highest BCUT2D eigenvalue weighted by Crippen LogP contribution is 2.32. The first-order valence-electron chi connectivity index (χ1n) is 5.88. The van der Waals surface area contributed by atoms with E-state index in [0.29, 0.717) is 0 Å². The molecule has 0 aromatic heterocycles. The Kier molecular flexibility index (Phi) is 3.47. The summed E-state index contributed by atoms with van der Waals surface area (Å²) in [6, 6.07) is -1.33. The lowest BCUT2D eigenvalue weighted by molar-refractivity contribution is -0.139. The van der Waals surface area contributed by atoms with Crippen LogP contribution in [0.25, 0.3) is 0 Å². The predicted molar refractivity (Wildman–Crippen MR) is 62.9 cm³/mol. The molecule has 2 aliphatic rings. The lowest BCUT2D eigenvalue weighted by Gasteiger charge is -2.28. The summed E-state index contributed by atoms with van der Waals surface area (Å²) < 4.78 is 22.4. The van der Waals surface area contributed by atoms with E-state index in [1.807, 2.05) is 0 Å². The summed E-state index contributed by atoms with van der Waals surface area (Å²) in [4.78, 5) is 24.1. The van der Waals surface area contributed by atoms with E-state index in [9.17, 15) is 18.0 Å². The highest BCUT2D eigenvalue weighted by atomic mass is 32.2. The van der Waals surface area contributed by atoms with Crippen LogP contribution in [0, 0.1) is 5.92 Å². The number of amides is 2. The molecule has 102 valence electrons. The minimum absolute atomic E-state index is 0.0139. The first-order valence-corrected chi connectivity index (χ1v) is 7.70. The number of hydrogen-bond donors (Lipinski definition) is 2. The highest BCUT2D eigenvalue weighted by Gasteiger charge is 2.38. The van der Waals surface area contributed by atoms with Crippen molar-refractivity contribution in [1.82, 2.24) is 10.2 Å². The van der Waals surface area contributed by atoms with Gasteiger partial charge in [-0.05, 0) is 18.8 Å². The smallest absolute Gasteiger partial charge is 0.326 e. The summed E-state index contributed by atoms with van der Waals surface area (Å²) in [7, 11) is -3.04. The van der Waals surface area contributed by atoms with Gasteiger partial charge in [-0.25, -0.2) is 18.0 Å². The van der Waals surface area contributed by atoms with E-state index in [0.717, 1.165) is 12.8 Å². The third-order valence-corrected chi connectivity index (χ3v) is 4.88. The van der Waals surface area contributed by atoms with Gasteiger partial charge in [-0.1, -0.05) is 0 Å². The molecule has 0 aromatic rings. The van der Waals surface area contributed by atoms with Crippen LogP contribution in [0.1, 0.15) is 12.8 Å². The van der Waals surface area contributed by atoms with Crippen LogP contribution in [0.4, 0.5) is 4.79 Å². The van der Waals surface area contributed by atoms with Crippen LogP contribution in [-0.2, 0) is 14.6 Å². The zero-order valence-electron chi connectivity index (χ0n) is 9.83. The fourth-order valence-corrected chi connectivity index (χ4v) is 3.15. The fraction of sp³-hybridized carbons (Fsp3) is 0.800. The van der Waals surface area contributed by atoms with Crippen molar-refractivity contribution in [3.63, 3.8) is 0 Å². The first-order chi connectivity index (χ1) is 8.39. The van der Waals surface area contributed by atoms with Crippen LogP contribution >= 0.6 is 0 Å². The molecule has 0 bridgehead atoms. The number of nitrogens with one attached hydrogen (secondary N) is 1. The molecule has 0 aromatic carbocycles. The maximum absolute atomic E-state index is 11.8. The summed E-state index contributed by atoms with van der Waals surface area (Å²) >= 11 is 0. The number of sulfone groups is 1. The number of carbonyl (C=O) groups excluding carboxylic acids is 1. The summed E-state index contributed by atoms with van der Waals surface area (Å²) in [6.45, 7) is 0.260. The van der Waals surface area contributed by atoms with E-state index in [1.165, 1.54) is 4.90 Å². The monoisotopic (exact) mass is 276 g/mol. The van der Waals surface area contributed by atoms with E-state index >= 15 is 0 Å². The van der Waals surface area contributed by atoms with Gasteiger partial charge >= 0.3 is 12.0 Å². The van der Waals surface area contributed by atoms with Crippen molar-refractivity contribution in [3.05, 3.63) is 0 Å². The lowest BCUT2D eigenvalue weighted by Crippen LogP contribution is -2.53. The SMILES string of the molecule is O=C(O)C(NC(=O)N1CCS(=O)(=O)CC1)C1CC1. The van der Waals surface area contributed by atoms with Gasteiger partial charge in [0.1, 0.15) is 6.04 Å². The molecule has 0 spiro atoms. The van der Waals surface area contributed by atoms with Gasteiger partial charge in [0.15, 0.2) is 9.84 Å². The summed E-state index contributed by atoms with van der Waals surface area (Å²) in [5, 5.41) is 11.5. The van der Waals surface area contributed by atoms with Gasteiger partial charge in [-0.2, -0.15) is 0 Å². The van der Waals surface area contributed by atoms with Gasteiger partial charge in [0.2, 0.25) is 0 Å². The summed E-state index contributed by atoms with van der Waals surface area (Å²) in [5.74, 6) is -1.13. The summed E-state index contributed by atoms with van der Waals surface area (Å²) in [5.41, 5.74) is 0. The number of carbonyl (C=O) groups is 2. The van der Waals surface area contributed by atoms with Crippen molar-refractivity contribution >= 4 is 21.8 Å². The van der Waals surface area contributed by atoms with E-state index in [4.69, 9.17) is 5.11 Å². The van der Waals surface area contributed by atoms with Crippen LogP contribution < -0.4 is 5.32 Å². The Bertz CT molecular complexity index is 443. The second-order valence-electron chi connectivity index (χ2n) is 4.74. The largest absolute Gasteiger partial charge is 0.480 e. The maximum atomic E-state index is 11.8. The number of aliphatic carboxylic acids is 1. The van der Waals surface area contributed by atoms with Crippen molar-refractivity contribution in [2.75, 3.05) is 24.6 Å². The molecule has 2 rings (SSSR count). The first kappa shape index (κ1) is 13.1. The second-order valence-corrected chi connectivity index (χ2v) is 7.05. The number of urea groups is 1. The number of carboxylic acids is 1. The zero-order valence-corrected chi connectivity index (χ0v) is 10.6. The topological polar surface area (TPSA) is 104 Å². The molecule has 7 nitrogen and oxygen atoms in total. The third-order valence-electron chi connectivity index (χ3n) is 3.27. The van der Waals surface area contributed by atoms with E-state index in [2.05, 4.69) is 5.32 Å².